The minimum Gasteiger partial charge on any atom is -0.574 e. The maximum absolute atomic E-state index is 4.50. The van der Waals surface area contributed by atoms with Crippen LogP contribution in [0.1, 0.15) is 0 Å². The van der Waals surface area contributed by atoms with Crippen LogP contribution in [-0.2, 0) is 37.4 Å². The van der Waals surface area contributed by atoms with Gasteiger partial charge in [0.25, 0.3) is 0 Å². The van der Waals surface area contributed by atoms with Crippen LogP contribution in [0.3, 0.4) is 0 Å². The number of hydrogen-bond donors (Lipinski definition) is 0. The molecule has 1 aliphatic heterocycles. The molecule has 1 rings (SSSR count). The smallest absolute Gasteiger partial charge is 0.0606 e. The molecule has 0 unspecified atom stereocenters. The average Bonchev–Trinajstić information content (AvgIpc) is 2.19. The standard InChI is InChI=1S/C2H3O.CH3B.Y/c1-2-3-1;1-2;/h1H,2H2;1H3;/q-1;;. The van der Waals surface area contributed by atoms with Crippen molar-refractivity contribution in [2.75, 3.05) is 6.61 Å². The molecule has 0 spiro atoms. The van der Waals surface area contributed by atoms with E-state index in [9.17, 15) is 0 Å². The van der Waals surface area contributed by atoms with Crippen LogP contribution in [0.25, 0.3) is 0 Å². The first-order valence-corrected chi connectivity index (χ1v) is 1.51. The molecule has 6 heavy (non-hydrogen) atoms. The molecule has 0 aromatic heterocycles. The third-order valence-corrected chi connectivity index (χ3v) is 0.167. The van der Waals surface area contributed by atoms with Crippen molar-refractivity contribution in [3.63, 3.8) is 0 Å². The van der Waals surface area contributed by atoms with E-state index in [1.165, 1.54) is 6.82 Å². The van der Waals surface area contributed by atoms with Crippen molar-refractivity contribution in [3.8, 4) is 0 Å². The second-order valence-corrected chi connectivity index (χ2v) is 0.500. The fourth-order valence-corrected chi connectivity index (χ4v) is 0. The van der Waals surface area contributed by atoms with Crippen LogP contribution in [0.15, 0.2) is 0 Å². The molecule has 0 N–H and O–H groups in total. The zero-order chi connectivity index (χ0) is 4.12. The van der Waals surface area contributed by atoms with Gasteiger partial charge in [0.1, 0.15) is 0 Å². The van der Waals surface area contributed by atoms with Gasteiger partial charge in [-0.05, 0) is 0 Å². The van der Waals surface area contributed by atoms with Gasteiger partial charge in [-0.25, -0.2) is 0 Å². The van der Waals surface area contributed by atoms with Crippen molar-refractivity contribution >= 4 is 7.85 Å². The van der Waals surface area contributed by atoms with E-state index in [0.29, 0.717) is 0 Å². The van der Waals surface area contributed by atoms with Crippen molar-refractivity contribution in [3.05, 3.63) is 6.61 Å². The molecule has 1 heterocycles. The van der Waals surface area contributed by atoms with E-state index in [0.717, 1.165) is 6.61 Å². The van der Waals surface area contributed by atoms with Crippen molar-refractivity contribution in [2.24, 2.45) is 0 Å². The molecule has 0 saturated carbocycles. The minimum absolute atomic E-state index is 0. The van der Waals surface area contributed by atoms with Gasteiger partial charge in [-0.3, -0.25) is 0 Å². The van der Waals surface area contributed by atoms with Crippen LogP contribution in [0.4, 0.5) is 0 Å². The second kappa shape index (κ2) is 9.46. The Morgan fingerprint density at radius 2 is 1.83 bits per heavy atom. The molecule has 3 radical (unpaired) electrons. The van der Waals surface area contributed by atoms with Gasteiger partial charge in [0.2, 0.25) is 0 Å². The van der Waals surface area contributed by atoms with Gasteiger partial charge in [0, 0.05) is 32.7 Å². The van der Waals surface area contributed by atoms with Crippen LogP contribution in [0.2, 0.25) is 6.82 Å². The maximum Gasteiger partial charge on any atom is 0.0606 e. The Bertz CT molecular complexity index is 15.5. The van der Waals surface area contributed by atoms with Gasteiger partial charge in [-0.15, -0.1) is 0 Å². The SMILES string of the molecule is [B]C.[CH-]1CO1.[Y]. The number of epoxide rings is 1. The Hall–Kier alpha value is 1.13. The maximum atomic E-state index is 4.50. The predicted molar refractivity (Wildman–Crippen MR) is 21.9 cm³/mol. The molecular weight excluding hydrogens is 152 g/mol. The zero-order valence-electron chi connectivity index (χ0n) is 3.85. The third-order valence-electron chi connectivity index (χ3n) is 0.167. The van der Waals surface area contributed by atoms with Crippen molar-refractivity contribution in [1.82, 2.24) is 0 Å². The Kier molecular flexibility index (Phi) is 16.0. The quantitative estimate of drug-likeness (QED) is 0.282. The summed E-state index contributed by atoms with van der Waals surface area (Å²) in [6.45, 7) is 4.12. The van der Waals surface area contributed by atoms with Gasteiger partial charge in [-0.1, -0.05) is 13.4 Å². The average molecular weight is 158 g/mol. The molecule has 1 aliphatic rings. The summed E-state index contributed by atoms with van der Waals surface area (Å²) in [5, 5.41) is 0. The first-order valence-electron chi connectivity index (χ1n) is 1.51. The summed E-state index contributed by atoms with van der Waals surface area (Å²) in [6, 6.07) is 0. The molecule has 0 aromatic carbocycles. The molecule has 0 aliphatic carbocycles. The van der Waals surface area contributed by atoms with E-state index in [1.807, 2.05) is 0 Å². The molecule has 1 saturated heterocycles. The second-order valence-electron chi connectivity index (χ2n) is 0.500. The molecule has 0 atom stereocenters. The van der Waals surface area contributed by atoms with Gasteiger partial charge >= 0.3 is 0 Å². The summed E-state index contributed by atoms with van der Waals surface area (Å²) in [4.78, 5) is 0. The molecule has 0 bridgehead atoms. The van der Waals surface area contributed by atoms with Crippen molar-refractivity contribution < 1.29 is 37.4 Å². The molecule has 3 heteroatoms. The van der Waals surface area contributed by atoms with Crippen LogP contribution < -0.4 is 0 Å². The Balaban J connectivity index is 0. The van der Waals surface area contributed by atoms with Gasteiger partial charge in [0.05, 0.1) is 7.85 Å². The first kappa shape index (κ1) is 10.2. The first-order chi connectivity index (χ1) is 2.50. The Labute approximate surface area is 65.1 Å². The Morgan fingerprint density at radius 1 is 1.67 bits per heavy atom. The van der Waals surface area contributed by atoms with Gasteiger partial charge in [-0.2, -0.15) is 6.61 Å². The third kappa shape index (κ3) is 19.3. The van der Waals surface area contributed by atoms with E-state index in [-0.39, 0.29) is 32.7 Å². The fourth-order valence-electron chi connectivity index (χ4n) is 0. The van der Waals surface area contributed by atoms with Crippen LogP contribution in [-0.4, -0.2) is 14.5 Å². The van der Waals surface area contributed by atoms with E-state index in [4.69, 9.17) is 0 Å². The molecule has 0 aromatic rings. The zero-order valence-corrected chi connectivity index (χ0v) is 6.69. The predicted octanol–water partition coefficient (Wildman–Crippen LogP) is 0.379. The summed E-state index contributed by atoms with van der Waals surface area (Å²) in [6.07, 6.45) is 0. The molecule has 0 amide bonds. The van der Waals surface area contributed by atoms with E-state index in [1.54, 1.807) is 6.61 Å². The minimum atomic E-state index is 0. The topological polar surface area (TPSA) is 12.5 Å². The summed E-state index contributed by atoms with van der Waals surface area (Å²) < 4.78 is 4.38. The number of ether oxygens (including phenoxy) is 1. The molecule has 31 valence electrons. The monoisotopic (exact) mass is 158 g/mol. The largest absolute Gasteiger partial charge is 0.574 e. The summed E-state index contributed by atoms with van der Waals surface area (Å²) in [7, 11) is 4.50. The number of hydrogen-bond acceptors (Lipinski definition) is 1. The van der Waals surface area contributed by atoms with E-state index in [2.05, 4.69) is 12.6 Å². The van der Waals surface area contributed by atoms with Crippen LogP contribution in [0, 0.1) is 6.61 Å². The van der Waals surface area contributed by atoms with Crippen molar-refractivity contribution in [2.45, 2.75) is 6.82 Å². The van der Waals surface area contributed by atoms with Crippen LogP contribution in [0.5, 0.6) is 0 Å². The molecule has 1 fully saturated rings. The summed E-state index contributed by atoms with van der Waals surface area (Å²) in [5.41, 5.74) is 0. The van der Waals surface area contributed by atoms with Gasteiger partial charge in [0.15, 0.2) is 0 Å². The molecular formula is C3H6BOY-. The fraction of sp³-hybridized carbons (Fsp3) is 0.667. The summed E-state index contributed by atoms with van der Waals surface area (Å²) in [5.74, 6) is 0. The van der Waals surface area contributed by atoms with Crippen LogP contribution >= 0.6 is 0 Å². The normalized spacial score (nSPS) is 12.8. The molecule has 1 nitrogen and oxygen atoms in total. The van der Waals surface area contributed by atoms with E-state index < -0.39 is 0 Å². The van der Waals surface area contributed by atoms with Crippen molar-refractivity contribution in [1.29, 1.82) is 0 Å². The van der Waals surface area contributed by atoms with E-state index >= 15 is 0 Å². The number of rotatable bonds is 0. The Morgan fingerprint density at radius 3 is 1.83 bits per heavy atom. The summed E-state index contributed by atoms with van der Waals surface area (Å²) >= 11 is 0. The van der Waals surface area contributed by atoms with Gasteiger partial charge < -0.3 is 4.74 Å².